The van der Waals surface area contributed by atoms with E-state index in [1.165, 1.54) is 36.4 Å². The molecule has 3 aromatic rings. The maximum absolute atomic E-state index is 12.8. The lowest BCUT2D eigenvalue weighted by Gasteiger charge is -2.14. The van der Waals surface area contributed by atoms with Crippen LogP contribution in [0.3, 0.4) is 0 Å². The molecule has 2 N–H and O–H groups in total. The number of anilines is 2. The normalized spacial score (nSPS) is 11.8. The molecular formula is C19H16Cl2N2O4S2. The summed E-state index contributed by atoms with van der Waals surface area (Å²) < 4.78 is 55.7. The summed E-state index contributed by atoms with van der Waals surface area (Å²) in [6, 6.07) is 16.6. The summed E-state index contributed by atoms with van der Waals surface area (Å²) in [6.45, 7) is 1.60. The average molecular weight is 471 g/mol. The number of hydrogen-bond acceptors (Lipinski definition) is 4. The standard InChI is InChI=1S/C19H16Cl2N2O4S2/c1-13-10-11-14(22-28(24,25)18-9-5-3-7-16(18)21)12-19(13)29(26,27)23-17-8-4-2-6-15(17)20/h2-12,22-23H,1H3. The fourth-order valence-electron chi connectivity index (χ4n) is 2.57. The van der Waals surface area contributed by atoms with Crippen LogP contribution < -0.4 is 9.44 Å². The number of aryl methyl sites for hydroxylation is 1. The fraction of sp³-hybridized carbons (Fsp3) is 0.0526. The largest absolute Gasteiger partial charge is 0.280 e. The first-order valence-corrected chi connectivity index (χ1v) is 12.0. The third-order valence-corrected chi connectivity index (χ3v) is 7.69. The molecule has 0 bridgehead atoms. The molecule has 0 aromatic heterocycles. The maximum atomic E-state index is 12.8. The molecule has 0 amide bonds. The van der Waals surface area contributed by atoms with Crippen LogP contribution in [0.2, 0.25) is 10.0 Å². The summed E-state index contributed by atoms with van der Waals surface area (Å²) in [5.74, 6) is 0. The molecule has 0 saturated heterocycles. The van der Waals surface area contributed by atoms with Crippen molar-refractivity contribution in [2.75, 3.05) is 9.44 Å². The van der Waals surface area contributed by atoms with Gasteiger partial charge in [-0.05, 0) is 48.9 Å². The van der Waals surface area contributed by atoms with Crippen molar-refractivity contribution in [2.45, 2.75) is 16.7 Å². The Morgan fingerprint density at radius 1 is 0.690 bits per heavy atom. The second kappa shape index (κ2) is 8.23. The van der Waals surface area contributed by atoms with Crippen molar-refractivity contribution in [3.8, 4) is 0 Å². The molecule has 0 fully saturated rings. The van der Waals surface area contributed by atoms with E-state index >= 15 is 0 Å². The van der Waals surface area contributed by atoms with Gasteiger partial charge in [-0.3, -0.25) is 9.44 Å². The Kier molecular flexibility index (Phi) is 6.09. The maximum Gasteiger partial charge on any atom is 0.263 e. The highest BCUT2D eigenvalue weighted by atomic mass is 35.5. The second-order valence-electron chi connectivity index (χ2n) is 6.10. The number of para-hydroxylation sites is 1. The lowest BCUT2D eigenvalue weighted by Crippen LogP contribution is -2.17. The molecule has 3 rings (SSSR count). The number of halogens is 2. The Hall–Kier alpha value is -2.26. The highest BCUT2D eigenvalue weighted by Crippen LogP contribution is 2.28. The van der Waals surface area contributed by atoms with E-state index in [0.717, 1.165) is 0 Å². The first kappa shape index (κ1) is 21.4. The quantitative estimate of drug-likeness (QED) is 0.535. The summed E-state index contributed by atoms with van der Waals surface area (Å²) in [7, 11) is -8.02. The van der Waals surface area contributed by atoms with Gasteiger partial charge in [0.15, 0.2) is 0 Å². The van der Waals surface area contributed by atoms with Crippen molar-refractivity contribution in [3.63, 3.8) is 0 Å². The molecule has 152 valence electrons. The van der Waals surface area contributed by atoms with Crippen LogP contribution in [0.1, 0.15) is 5.56 Å². The van der Waals surface area contributed by atoms with Crippen LogP contribution >= 0.6 is 23.2 Å². The Labute approximate surface area is 179 Å². The van der Waals surface area contributed by atoms with Gasteiger partial charge < -0.3 is 0 Å². The minimum Gasteiger partial charge on any atom is -0.280 e. The highest BCUT2D eigenvalue weighted by Gasteiger charge is 2.22. The summed E-state index contributed by atoms with van der Waals surface area (Å²) in [5, 5.41) is 0.296. The van der Waals surface area contributed by atoms with Crippen molar-refractivity contribution >= 4 is 54.6 Å². The molecule has 0 atom stereocenters. The Morgan fingerprint density at radius 2 is 1.28 bits per heavy atom. The van der Waals surface area contributed by atoms with Gasteiger partial charge in [-0.1, -0.05) is 53.5 Å². The highest BCUT2D eigenvalue weighted by molar-refractivity contribution is 7.93. The van der Waals surface area contributed by atoms with Gasteiger partial charge >= 0.3 is 0 Å². The molecule has 6 nitrogen and oxygen atoms in total. The molecular weight excluding hydrogens is 455 g/mol. The minimum atomic E-state index is -4.01. The Bertz CT molecular complexity index is 1280. The van der Waals surface area contributed by atoms with Crippen molar-refractivity contribution in [2.24, 2.45) is 0 Å². The molecule has 0 aliphatic rings. The molecule has 0 heterocycles. The molecule has 29 heavy (non-hydrogen) atoms. The SMILES string of the molecule is Cc1ccc(NS(=O)(=O)c2ccccc2Cl)cc1S(=O)(=O)Nc1ccccc1Cl. The first-order valence-electron chi connectivity index (χ1n) is 8.25. The lowest BCUT2D eigenvalue weighted by atomic mass is 10.2. The molecule has 10 heteroatoms. The van der Waals surface area contributed by atoms with Crippen LogP contribution in [0, 0.1) is 6.92 Å². The van der Waals surface area contributed by atoms with Gasteiger partial charge in [-0.25, -0.2) is 16.8 Å². The van der Waals surface area contributed by atoms with Crippen LogP contribution in [-0.2, 0) is 20.0 Å². The number of sulfonamides is 2. The summed E-state index contributed by atoms with van der Waals surface area (Å²) in [4.78, 5) is -0.197. The van der Waals surface area contributed by atoms with E-state index < -0.39 is 20.0 Å². The van der Waals surface area contributed by atoms with Crippen molar-refractivity contribution < 1.29 is 16.8 Å². The minimum absolute atomic E-state index is 0.0559. The number of nitrogens with one attached hydrogen (secondary N) is 2. The van der Waals surface area contributed by atoms with Crippen LogP contribution in [0.15, 0.2) is 76.5 Å². The van der Waals surface area contributed by atoms with Crippen molar-refractivity contribution in [1.82, 2.24) is 0 Å². The van der Waals surface area contributed by atoms with E-state index in [-0.39, 0.29) is 31.2 Å². The average Bonchev–Trinajstić information content (AvgIpc) is 2.65. The molecule has 0 aliphatic carbocycles. The third kappa shape index (κ3) is 4.84. The topological polar surface area (TPSA) is 92.3 Å². The second-order valence-corrected chi connectivity index (χ2v) is 10.2. The van der Waals surface area contributed by atoms with Gasteiger partial charge in [0.05, 0.1) is 26.3 Å². The summed E-state index contributed by atoms with van der Waals surface area (Å²) in [5.41, 5.74) is 0.732. The summed E-state index contributed by atoms with van der Waals surface area (Å²) >= 11 is 12.0. The molecule has 0 unspecified atom stereocenters. The van der Waals surface area contributed by atoms with Crippen molar-refractivity contribution in [1.29, 1.82) is 0 Å². The molecule has 0 aliphatic heterocycles. The lowest BCUT2D eigenvalue weighted by molar-refractivity contribution is 0.598. The van der Waals surface area contributed by atoms with Crippen molar-refractivity contribution in [3.05, 3.63) is 82.3 Å². The molecule has 0 spiro atoms. The third-order valence-electron chi connectivity index (χ3n) is 3.97. The van der Waals surface area contributed by atoms with Gasteiger partial charge in [0.1, 0.15) is 4.90 Å². The molecule has 0 radical (unpaired) electrons. The zero-order valence-corrected chi connectivity index (χ0v) is 18.2. The van der Waals surface area contributed by atoms with E-state index in [4.69, 9.17) is 23.2 Å². The predicted octanol–water partition coefficient (Wildman–Crippen LogP) is 4.90. The van der Waals surface area contributed by atoms with Gasteiger partial charge in [-0.15, -0.1) is 0 Å². The van der Waals surface area contributed by atoms with Gasteiger partial charge in [0, 0.05) is 0 Å². The van der Waals surface area contributed by atoms with E-state index in [9.17, 15) is 16.8 Å². The van der Waals surface area contributed by atoms with Crippen LogP contribution in [0.4, 0.5) is 11.4 Å². The van der Waals surface area contributed by atoms with Crippen LogP contribution in [0.5, 0.6) is 0 Å². The monoisotopic (exact) mass is 470 g/mol. The first-order chi connectivity index (χ1) is 13.6. The van der Waals surface area contributed by atoms with E-state index in [1.807, 2.05) is 0 Å². The molecule has 3 aromatic carbocycles. The fourth-order valence-corrected chi connectivity index (χ4v) is 5.73. The smallest absolute Gasteiger partial charge is 0.263 e. The zero-order chi connectivity index (χ0) is 21.2. The molecule has 0 saturated carbocycles. The number of rotatable bonds is 6. The van der Waals surface area contributed by atoms with Gasteiger partial charge in [-0.2, -0.15) is 0 Å². The Morgan fingerprint density at radius 3 is 1.93 bits per heavy atom. The van der Waals surface area contributed by atoms with Gasteiger partial charge in [0.2, 0.25) is 0 Å². The van der Waals surface area contributed by atoms with Gasteiger partial charge in [0.25, 0.3) is 20.0 Å². The predicted molar refractivity (Wildman–Crippen MR) is 116 cm³/mol. The van der Waals surface area contributed by atoms with E-state index in [1.54, 1.807) is 37.3 Å². The number of hydrogen-bond donors (Lipinski definition) is 2. The van der Waals surface area contributed by atoms with Crippen LogP contribution in [0.25, 0.3) is 0 Å². The summed E-state index contributed by atoms with van der Waals surface area (Å²) in [6.07, 6.45) is 0. The number of benzene rings is 3. The Balaban J connectivity index is 1.96. The zero-order valence-electron chi connectivity index (χ0n) is 15.1. The van der Waals surface area contributed by atoms with Crippen LogP contribution in [-0.4, -0.2) is 16.8 Å². The van der Waals surface area contributed by atoms with E-state index in [2.05, 4.69) is 9.44 Å². The van der Waals surface area contributed by atoms with E-state index in [0.29, 0.717) is 5.56 Å².